The molecular weight excluding hydrogens is 495 g/mol. The Morgan fingerprint density at radius 3 is 2.49 bits per heavy atom. The van der Waals surface area contributed by atoms with E-state index in [1.165, 1.54) is 45.6 Å². The molecule has 0 saturated carbocycles. The number of carbonyl (C=O) groups excluding carboxylic acids is 2. The van der Waals surface area contributed by atoms with E-state index in [-0.39, 0.29) is 24.7 Å². The number of hydrogen-bond acceptors (Lipinski definition) is 5. The normalized spacial score (nSPS) is 13.0. The molecule has 8 nitrogen and oxygen atoms in total. The number of rotatable bonds is 6. The molecule has 37 heavy (non-hydrogen) atoms. The van der Waals surface area contributed by atoms with Crippen molar-refractivity contribution in [1.29, 1.82) is 0 Å². The number of thiophene rings is 1. The minimum Gasteiger partial charge on any atom is -0.337 e. The Morgan fingerprint density at radius 1 is 1.03 bits per heavy atom. The summed E-state index contributed by atoms with van der Waals surface area (Å²) in [5.74, 6) is -1.24. The van der Waals surface area contributed by atoms with E-state index in [1.54, 1.807) is 11.0 Å². The summed E-state index contributed by atoms with van der Waals surface area (Å²) in [5.41, 5.74) is 0.813. The van der Waals surface area contributed by atoms with Gasteiger partial charge in [0.2, 0.25) is 11.8 Å². The van der Waals surface area contributed by atoms with Crippen molar-refractivity contribution in [3.63, 3.8) is 0 Å². The van der Waals surface area contributed by atoms with E-state index in [1.807, 2.05) is 30.3 Å². The van der Waals surface area contributed by atoms with Crippen LogP contribution in [-0.2, 0) is 42.1 Å². The Kier molecular flexibility index (Phi) is 6.75. The smallest absolute Gasteiger partial charge is 0.332 e. The topological polar surface area (TPSA) is 93.4 Å². The molecule has 0 unspecified atom stereocenters. The maximum atomic E-state index is 14.1. The van der Waals surface area contributed by atoms with Gasteiger partial charge in [-0.3, -0.25) is 23.5 Å². The molecule has 1 N–H and O–H groups in total. The van der Waals surface area contributed by atoms with E-state index in [0.717, 1.165) is 16.0 Å². The van der Waals surface area contributed by atoms with Crippen molar-refractivity contribution < 1.29 is 14.0 Å². The highest BCUT2D eigenvalue weighted by atomic mass is 32.1. The number of aromatic nitrogens is 2. The van der Waals surface area contributed by atoms with E-state index >= 15 is 0 Å². The Balaban J connectivity index is 1.58. The number of anilines is 1. The van der Waals surface area contributed by atoms with Crippen LogP contribution in [0.3, 0.4) is 0 Å². The first-order valence-corrected chi connectivity index (χ1v) is 12.8. The summed E-state index contributed by atoms with van der Waals surface area (Å²) >= 11 is 1.25. The molecule has 3 heterocycles. The van der Waals surface area contributed by atoms with E-state index in [0.29, 0.717) is 36.1 Å². The van der Waals surface area contributed by atoms with Crippen molar-refractivity contribution >= 4 is 39.1 Å². The van der Waals surface area contributed by atoms with E-state index < -0.39 is 23.0 Å². The van der Waals surface area contributed by atoms with Gasteiger partial charge >= 0.3 is 5.69 Å². The minimum absolute atomic E-state index is 0.0109. The van der Waals surface area contributed by atoms with Crippen LogP contribution in [0.2, 0.25) is 0 Å². The molecule has 190 valence electrons. The van der Waals surface area contributed by atoms with Gasteiger partial charge in [-0.05, 0) is 36.1 Å². The number of nitrogens with zero attached hydrogens (tertiary/aromatic N) is 3. The molecule has 0 bridgehead atoms. The van der Waals surface area contributed by atoms with Gasteiger partial charge in [-0.1, -0.05) is 42.5 Å². The second-order valence-electron chi connectivity index (χ2n) is 8.96. The zero-order valence-electron chi connectivity index (χ0n) is 20.2. The van der Waals surface area contributed by atoms with Crippen molar-refractivity contribution in [1.82, 2.24) is 14.0 Å². The molecule has 0 radical (unpaired) electrons. The van der Waals surface area contributed by atoms with Crippen molar-refractivity contribution in [3.05, 3.63) is 97.3 Å². The summed E-state index contributed by atoms with van der Waals surface area (Å²) in [5, 5.41) is 2.93. The monoisotopic (exact) mass is 520 g/mol. The lowest BCUT2D eigenvalue weighted by molar-refractivity contribution is -0.129. The molecule has 0 aliphatic carbocycles. The fraction of sp³-hybridized carbons (Fsp3) is 0.259. The average Bonchev–Trinajstić information content (AvgIpc) is 3.27. The molecule has 5 rings (SSSR count). The lowest BCUT2D eigenvalue weighted by atomic mass is 10.1. The summed E-state index contributed by atoms with van der Waals surface area (Å²) in [6.07, 6.45) is 0.954. The highest BCUT2D eigenvalue weighted by Crippen LogP contribution is 2.33. The van der Waals surface area contributed by atoms with E-state index in [9.17, 15) is 23.6 Å². The molecule has 1 aliphatic rings. The van der Waals surface area contributed by atoms with Crippen LogP contribution in [-0.4, -0.2) is 32.4 Å². The van der Waals surface area contributed by atoms with E-state index in [2.05, 4.69) is 5.32 Å². The summed E-state index contributed by atoms with van der Waals surface area (Å²) in [6, 6.07) is 15.3. The highest BCUT2D eigenvalue weighted by molar-refractivity contribution is 7.18. The number of hydrogen-bond donors (Lipinski definition) is 1. The Labute approximate surface area is 215 Å². The first kappa shape index (κ1) is 24.6. The van der Waals surface area contributed by atoms with Gasteiger partial charge in [0, 0.05) is 24.9 Å². The predicted molar refractivity (Wildman–Crippen MR) is 140 cm³/mol. The van der Waals surface area contributed by atoms with Gasteiger partial charge in [-0.25, -0.2) is 9.18 Å². The van der Waals surface area contributed by atoms with Crippen LogP contribution in [0.25, 0.3) is 10.2 Å². The zero-order valence-corrected chi connectivity index (χ0v) is 21.0. The minimum atomic E-state index is -0.598. The van der Waals surface area contributed by atoms with Crippen LogP contribution in [0, 0.1) is 5.82 Å². The predicted octanol–water partition coefficient (Wildman–Crippen LogP) is 3.15. The summed E-state index contributed by atoms with van der Waals surface area (Å²) in [7, 11) is 0. The summed E-state index contributed by atoms with van der Waals surface area (Å²) in [4.78, 5) is 55.0. The zero-order chi connectivity index (χ0) is 26.1. The van der Waals surface area contributed by atoms with Gasteiger partial charge in [-0.15, -0.1) is 11.3 Å². The number of halogens is 1. The average molecular weight is 521 g/mol. The van der Waals surface area contributed by atoms with Crippen molar-refractivity contribution in [2.24, 2.45) is 0 Å². The molecule has 0 saturated heterocycles. The molecule has 10 heteroatoms. The second kappa shape index (κ2) is 10.1. The molecule has 4 aromatic rings. The van der Waals surface area contributed by atoms with Crippen LogP contribution >= 0.6 is 11.3 Å². The summed E-state index contributed by atoms with van der Waals surface area (Å²) < 4.78 is 16.6. The van der Waals surface area contributed by atoms with Crippen LogP contribution in [0.4, 0.5) is 10.1 Å². The van der Waals surface area contributed by atoms with Gasteiger partial charge in [0.05, 0.1) is 17.6 Å². The van der Waals surface area contributed by atoms with Gasteiger partial charge < -0.3 is 10.2 Å². The number of aryl methyl sites for hydroxylation is 1. The molecule has 0 fully saturated rings. The first-order valence-electron chi connectivity index (χ1n) is 11.9. The third kappa shape index (κ3) is 4.84. The first-order chi connectivity index (χ1) is 17.8. The largest absolute Gasteiger partial charge is 0.337 e. The van der Waals surface area contributed by atoms with Crippen LogP contribution in [0.15, 0.2) is 64.2 Å². The van der Waals surface area contributed by atoms with Gasteiger partial charge in [0.25, 0.3) is 5.56 Å². The third-order valence-electron chi connectivity index (χ3n) is 6.57. The quantitative estimate of drug-likeness (QED) is 0.423. The molecule has 2 aromatic carbocycles. The van der Waals surface area contributed by atoms with Crippen LogP contribution in [0.1, 0.15) is 22.9 Å². The lowest BCUT2D eigenvalue weighted by Crippen LogP contribution is -2.42. The fourth-order valence-corrected chi connectivity index (χ4v) is 5.99. The second-order valence-corrected chi connectivity index (χ2v) is 10.0. The van der Waals surface area contributed by atoms with Crippen LogP contribution in [0.5, 0.6) is 0 Å². The van der Waals surface area contributed by atoms with Crippen molar-refractivity contribution in [2.75, 3.05) is 11.9 Å². The summed E-state index contributed by atoms with van der Waals surface area (Å²) in [6.45, 7) is 2.09. The molecule has 2 amide bonds. The third-order valence-corrected chi connectivity index (χ3v) is 7.81. The maximum Gasteiger partial charge on any atom is 0.332 e. The number of para-hydroxylation sites is 1. The molecular formula is C27H25FN4O4S. The SMILES string of the molecule is CC(=O)N1CCc2c(sc3c2c(=O)n(CCc2ccccc2)c(=O)n3CC(=O)Nc2ccccc2F)C1. The Hall–Kier alpha value is -4.05. The number of fused-ring (bicyclic) bond motifs is 3. The molecule has 2 aromatic heterocycles. The Bertz CT molecular complexity index is 1620. The Morgan fingerprint density at radius 2 is 1.76 bits per heavy atom. The van der Waals surface area contributed by atoms with Gasteiger partial charge in [0.1, 0.15) is 17.2 Å². The number of nitrogens with one attached hydrogen (secondary N) is 1. The lowest BCUT2D eigenvalue weighted by Gasteiger charge is -2.25. The van der Waals surface area contributed by atoms with Crippen molar-refractivity contribution in [2.45, 2.75) is 39.4 Å². The maximum absolute atomic E-state index is 14.1. The van der Waals surface area contributed by atoms with Crippen LogP contribution < -0.4 is 16.6 Å². The standard InChI is InChI=1S/C27H25FN4O4S/c1-17(33)30-13-12-19-22(15-30)37-26-24(19)25(35)31(14-11-18-7-3-2-4-8-18)27(36)32(26)16-23(34)29-21-10-6-5-9-20(21)28/h2-10H,11-16H2,1H3,(H,29,34). The molecule has 0 atom stereocenters. The molecule has 0 spiro atoms. The van der Waals surface area contributed by atoms with Gasteiger partial charge in [-0.2, -0.15) is 0 Å². The fourth-order valence-electron chi connectivity index (χ4n) is 4.64. The number of amides is 2. The molecule has 1 aliphatic heterocycles. The van der Waals surface area contributed by atoms with Crippen molar-refractivity contribution in [3.8, 4) is 0 Å². The van der Waals surface area contributed by atoms with Gasteiger partial charge in [0.15, 0.2) is 0 Å². The van der Waals surface area contributed by atoms with E-state index in [4.69, 9.17) is 0 Å². The highest BCUT2D eigenvalue weighted by Gasteiger charge is 2.27. The number of carbonyl (C=O) groups is 2. The number of benzene rings is 2.